The highest BCUT2D eigenvalue weighted by Crippen LogP contribution is 2.30. The van der Waals surface area contributed by atoms with Crippen LogP contribution >= 0.6 is 0 Å². The Kier molecular flexibility index (Phi) is 4.33. The Hall–Kier alpha value is -3.09. The Morgan fingerprint density at radius 2 is 1.92 bits per heavy atom. The molecule has 0 bridgehead atoms. The zero-order valence-corrected chi connectivity index (χ0v) is 13.1. The van der Waals surface area contributed by atoms with E-state index in [-0.39, 0.29) is 11.6 Å². The first-order valence-corrected chi connectivity index (χ1v) is 7.46. The van der Waals surface area contributed by atoms with E-state index < -0.39 is 4.92 Å². The normalized spacial score (nSPS) is 12.5. The van der Waals surface area contributed by atoms with Crippen LogP contribution in [0.2, 0.25) is 0 Å². The third-order valence-corrected chi connectivity index (χ3v) is 3.72. The molecule has 3 rings (SSSR count). The summed E-state index contributed by atoms with van der Waals surface area (Å²) in [6.45, 7) is 2.97. The topological polar surface area (TPSA) is 90.7 Å². The lowest BCUT2D eigenvalue weighted by atomic mass is 10.1. The van der Waals surface area contributed by atoms with Gasteiger partial charge in [-0.2, -0.15) is 0 Å². The predicted molar refractivity (Wildman–Crippen MR) is 86.4 cm³/mol. The zero-order chi connectivity index (χ0) is 17.1. The lowest BCUT2D eigenvalue weighted by Gasteiger charge is -2.19. The van der Waals surface area contributed by atoms with Gasteiger partial charge in [0.1, 0.15) is 13.2 Å². The van der Waals surface area contributed by atoms with Crippen molar-refractivity contribution in [1.82, 2.24) is 5.32 Å². The van der Waals surface area contributed by atoms with Crippen molar-refractivity contribution in [3.8, 4) is 11.5 Å². The molecule has 1 aliphatic heterocycles. The fraction of sp³-hybridized carbons (Fsp3) is 0.235. The van der Waals surface area contributed by atoms with Crippen molar-refractivity contribution in [2.24, 2.45) is 0 Å². The minimum atomic E-state index is -0.466. The molecule has 7 heteroatoms. The molecule has 1 heterocycles. The number of nitrogens with one attached hydrogen (secondary N) is 1. The zero-order valence-electron chi connectivity index (χ0n) is 13.1. The smallest absolute Gasteiger partial charge is 0.272 e. The summed E-state index contributed by atoms with van der Waals surface area (Å²) >= 11 is 0. The fourth-order valence-electron chi connectivity index (χ4n) is 2.48. The Morgan fingerprint density at radius 1 is 1.17 bits per heavy atom. The van der Waals surface area contributed by atoms with Crippen molar-refractivity contribution in [2.45, 2.75) is 13.5 Å². The molecule has 7 nitrogen and oxygen atoms in total. The van der Waals surface area contributed by atoms with E-state index in [0.717, 1.165) is 5.56 Å². The molecular weight excluding hydrogens is 312 g/mol. The third-order valence-electron chi connectivity index (χ3n) is 3.72. The maximum absolute atomic E-state index is 12.2. The van der Waals surface area contributed by atoms with Crippen LogP contribution in [0.25, 0.3) is 0 Å². The maximum atomic E-state index is 12.2. The van der Waals surface area contributed by atoms with Crippen molar-refractivity contribution in [3.63, 3.8) is 0 Å². The number of hydrogen-bond acceptors (Lipinski definition) is 5. The minimum Gasteiger partial charge on any atom is -0.486 e. The molecular formula is C17H16N2O5. The molecule has 0 unspecified atom stereocenters. The summed E-state index contributed by atoms with van der Waals surface area (Å²) < 4.78 is 11.0. The molecule has 1 amide bonds. The second-order valence-corrected chi connectivity index (χ2v) is 5.42. The summed E-state index contributed by atoms with van der Waals surface area (Å²) in [5, 5.41) is 13.6. The van der Waals surface area contributed by atoms with Gasteiger partial charge in [0.15, 0.2) is 11.5 Å². The number of carbonyl (C=O) groups excluding carboxylic acids is 1. The van der Waals surface area contributed by atoms with E-state index in [1.807, 2.05) is 18.2 Å². The van der Waals surface area contributed by atoms with Crippen molar-refractivity contribution < 1.29 is 19.2 Å². The number of carbonyl (C=O) groups is 1. The highest BCUT2D eigenvalue weighted by Gasteiger charge is 2.15. The Labute approximate surface area is 138 Å². The van der Waals surface area contributed by atoms with E-state index >= 15 is 0 Å². The van der Waals surface area contributed by atoms with Gasteiger partial charge in [-0.05, 0) is 36.8 Å². The number of rotatable bonds is 4. The van der Waals surface area contributed by atoms with Gasteiger partial charge in [0.05, 0.1) is 4.92 Å². The van der Waals surface area contributed by atoms with Crippen molar-refractivity contribution >= 4 is 11.6 Å². The van der Waals surface area contributed by atoms with E-state index in [0.29, 0.717) is 42.4 Å². The summed E-state index contributed by atoms with van der Waals surface area (Å²) in [4.78, 5) is 22.6. The van der Waals surface area contributed by atoms with Crippen molar-refractivity contribution in [2.75, 3.05) is 13.2 Å². The molecule has 1 aliphatic rings. The standard InChI is InChI=1S/C17H16N2O5/c1-11-8-13(3-4-14(11)19(21)22)17(20)18-10-12-2-5-15-16(9-12)24-7-6-23-15/h2-5,8-9H,6-7,10H2,1H3,(H,18,20). The van der Waals surface area contributed by atoms with Crippen LogP contribution in [0.4, 0.5) is 5.69 Å². The van der Waals surface area contributed by atoms with Gasteiger partial charge >= 0.3 is 0 Å². The number of nitrogens with zero attached hydrogens (tertiary/aromatic N) is 1. The van der Waals surface area contributed by atoms with Crippen LogP contribution in [0.15, 0.2) is 36.4 Å². The van der Waals surface area contributed by atoms with Crippen LogP contribution in [0.1, 0.15) is 21.5 Å². The molecule has 0 fully saturated rings. The Morgan fingerprint density at radius 3 is 2.62 bits per heavy atom. The molecule has 1 N–H and O–H groups in total. The van der Waals surface area contributed by atoms with E-state index in [1.165, 1.54) is 18.2 Å². The molecule has 0 saturated heterocycles. The number of ether oxygens (including phenoxy) is 2. The quantitative estimate of drug-likeness (QED) is 0.688. The lowest BCUT2D eigenvalue weighted by molar-refractivity contribution is -0.385. The Balaban J connectivity index is 1.67. The molecule has 0 spiro atoms. The van der Waals surface area contributed by atoms with E-state index in [4.69, 9.17) is 9.47 Å². The highest BCUT2D eigenvalue weighted by molar-refractivity contribution is 5.94. The van der Waals surface area contributed by atoms with Gasteiger partial charge < -0.3 is 14.8 Å². The maximum Gasteiger partial charge on any atom is 0.272 e. The van der Waals surface area contributed by atoms with E-state index in [2.05, 4.69) is 5.32 Å². The lowest BCUT2D eigenvalue weighted by Crippen LogP contribution is -2.23. The largest absolute Gasteiger partial charge is 0.486 e. The molecule has 0 saturated carbocycles. The molecule has 0 aliphatic carbocycles. The molecule has 24 heavy (non-hydrogen) atoms. The monoisotopic (exact) mass is 328 g/mol. The number of amides is 1. The van der Waals surface area contributed by atoms with Gasteiger partial charge in [-0.3, -0.25) is 14.9 Å². The molecule has 0 atom stereocenters. The first kappa shape index (κ1) is 15.8. The average Bonchev–Trinajstić information content (AvgIpc) is 2.59. The van der Waals surface area contributed by atoms with Crippen LogP contribution in [0.5, 0.6) is 11.5 Å². The van der Waals surface area contributed by atoms with Gasteiger partial charge in [-0.25, -0.2) is 0 Å². The third kappa shape index (κ3) is 3.29. The second-order valence-electron chi connectivity index (χ2n) is 5.42. The highest BCUT2D eigenvalue weighted by atomic mass is 16.6. The van der Waals surface area contributed by atoms with Crippen LogP contribution in [-0.4, -0.2) is 24.0 Å². The molecule has 124 valence electrons. The summed E-state index contributed by atoms with van der Waals surface area (Å²) in [5.41, 5.74) is 1.72. The number of benzene rings is 2. The SMILES string of the molecule is Cc1cc(C(=O)NCc2ccc3c(c2)OCCO3)ccc1[N+](=O)[O-]. The molecule has 0 radical (unpaired) electrons. The van der Waals surface area contributed by atoms with E-state index in [1.54, 1.807) is 6.92 Å². The number of nitro groups is 1. The van der Waals surface area contributed by atoms with Crippen molar-refractivity contribution in [1.29, 1.82) is 0 Å². The van der Waals surface area contributed by atoms with Gasteiger partial charge in [0.2, 0.25) is 0 Å². The Bertz CT molecular complexity index is 804. The first-order chi connectivity index (χ1) is 11.5. The van der Waals surface area contributed by atoms with Crippen LogP contribution < -0.4 is 14.8 Å². The predicted octanol–water partition coefficient (Wildman–Crippen LogP) is 2.60. The van der Waals surface area contributed by atoms with Gasteiger partial charge in [0, 0.05) is 23.7 Å². The summed E-state index contributed by atoms with van der Waals surface area (Å²) in [7, 11) is 0. The number of nitro benzene ring substituents is 1. The number of aryl methyl sites for hydroxylation is 1. The fourth-order valence-corrected chi connectivity index (χ4v) is 2.48. The first-order valence-electron chi connectivity index (χ1n) is 7.46. The molecule has 0 aromatic heterocycles. The van der Waals surface area contributed by atoms with Gasteiger partial charge in [0.25, 0.3) is 11.6 Å². The van der Waals surface area contributed by atoms with Crippen molar-refractivity contribution in [3.05, 3.63) is 63.2 Å². The number of fused-ring (bicyclic) bond motifs is 1. The van der Waals surface area contributed by atoms with Crippen LogP contribution in [0.3, 0.4) is 0 Å². The molecule has 2 aromatic carbocycles. The van der Waals surface area contributed by atoms with Crippen LogP contribution in [-0.2, 0) is 6.54 Å². The van der Waals surface area contributed by atoms with E-state index in [9.17, 15) is 14.9 Å². The molecule has 2 aromatic rings. The summed E-state index contributed by atoms with van der Waals surface area (Å²) in [5.74, 6) is 1.07. The summed E-state index contributed by atoms with van der Waals surface area (Å²) in [6, 6.07) is 9.80. The average molecular weight is 328 g/mol. The van der Waals surface area contributed by atoms with Gasteiger partial charge in [-0.15, -0.1) is 0 Å². The van der Waals surface area contributed by atoms with Gasteiger partial charge in [-0.1, -0.05) is 6.07 Å². The van der Waals surface area contributed by atoms with Crippen LogP contribution in [0, 0.1) is 17.0 Å². The minimum absolute atomic E-state index is 0.00149. The second kappa shape index (κ2) is 6.57. The number of hydrogen-bond donors (Lipinski definition) is 1. The summed E-state index contributed by atoms with van der Waals surface area (Å²) in [6.07, 6.45) is 0.